The van der Waals surface area contributed by atoms with Crippen LogP contribution >= 0.6 is 0 Å². The van der Waals surface area contributed by atoms with Gasteiger partial charge in [0.2, 0.25) is 0 Å². The van der Waals surface area contributed by atoms with Gasteiger partial charge in [-0.3, -0.25) is 4.68 Å². The van der Waals surface area contributed by atoms with Crippen molar-refractivity contribution in [3.8, 4) is 0 Å². The maximum atomic E-state index is 5.71. The Labute approximate surface area is 108 Å². The zero-order valence-electron chi connectivity index (χ0n) is 11.3. The van der Waals surface area contributed by atoms with Gasteiger partial charge in [0.05, 0.1) is 6.04 Å². The Hall–Kier alpha value is -1.55. The molecule has 0 saturated heterocycles. The molecule has 1 atom stereocenters. The van der Waals surface area contributed by atoms with E-state index in [-0.39, 0.29) is 6.04 Å². The number of hydrogen-bond acceptors (Lipinski definition) is 3. The van der Waals surface area contributed by atoms with Crippen LogP contribution in [0.3, 0.4) is 0 Å². The normalized spacial score (nSPS) is 12.8. The van der Waals surface area contributed by atoms with Crippen LogP contribution in [0.1, 0.15) is 36.6 Å². The molecule has 0 aliphatic rings. The number of aromatic nitrogens is 2. The van der Waals surface area contributed by atoms with Crippen molar-refractivity contribution >= 4 is 0 Å². The maximum Gasteiger partial charge on any atom is 0.121 e. The van der Waals surface area contributed by atoms with Gasteiger partial charge in [-0.1, -0.05) is 6.92 Å². The predicted octanol–water partition coefficient (Wildman–Crippen LogP) is 2.60. The summed E-state index contributed by atoms with van der Waals surface area (Å²) in [5.74, 6) is 1.99. The molecule has 0 fully saturated rings. The Morgan fingerprint density at radius 2 is 2.22 bits per heavy atom. The van der Waals surface area contributed by atoms with Gasteiger partial charge in [0.25, 0.3) is 0 Å². The summed E-state index contributed by atoms with van der Waals surface area (Å²) in [4.78, 5) is 0. The van der Waals surface area contributed by atoms with E-state index < -0.39 is 0 Å². The summed E-state index contributed by atoms with van der Waals surface area (Å²) < 4.78 is 7.64. The van der Waals surface area contributed by atoms with Gasteiger partial charge in [0, 0.05) is 18.9 Å². The van der Waals surface area contributed by atoms with E-state index in [1.165, 1.54) is 5.69 Å². The Bertz CT molecular complexity index is 487. The zero-order chi connectivity index (χ0) is 13.0. The number of rotatable bonds is 6. The average molecular weight is 247 g/mol. The predicted molar refractivity (Wildman–Crippen MR) is 71.4 cm³/mol. The summed E-state index contributed by atoms with van der Waals surface area (Å²) in [5, 5.41) is 7.66. The van der Waals surface area contributed by atoms with E-state index in [9.17, 15) is 0 Å². The van der Waals surface area contributed by atoms with Crippen LogP contribution < -0.4 is 5.32 Å². The first kappa shape index (κ1) is 12.9. The lowest BCUT2D eigenvalue weighted by Gasteiger charge is -2.15. The highest BCUT2D eigenvalue weighted by atomic mass is 16.3. The van der Waals surface area contributed by atoms with Crippen LogP contribution in [-0.4, -0.2) is 16.3 Å². The molecule has 0 aliphatic carbocycles. The second-order valence-corrected chi connectivity index (χ2v) is 4.54. The second-order valence-electron chi connectivity index (χ2n) is 4.54. The van der Waals surface area contributed by atoms with Crippen LogP contribution in [0.5, 0.6) is 0 Å². The zero-order valence-corrected chi connectivity index (χ0v) is 11.3. The fraction of sp³-hybridized carbons (Fsp3) is 0.500. The molecule has 2 heterocycles. The molecular weight excluding hydrogens is 226 g/mol. The third-order valence-electron chi connectivity index (χ3n) is 3.17. The monoisotopic (exact) mass is 247 g/mol. The third-order valence-corrected chi connectivity index (χ3v) is 3.17. The van der Waals surface area contributed by atoms with Gasteiger partial charge in [-0.2, -0.15) is 5.10 Å². The van der Waals surface area contributed by atoms with E-state index in [1.807, 2.05) is 30.9 Å². The summed E-state index contributed by atoms with van der Waals surface area (Å²) >= 11 is 0. The minimum Gasteiger partial charge on any atom is -0.465 e. The molecule has 1 unspecified atom stereocenters. The molecule has 0 saturated carbocycles. The van der Waals surface area contributed by atoms with Gasteiger partial charge >= 0.3 is 0 Å². The Morgan fingerprint density at radius 1 is 1.39 bits per heavy atom. The van der Waals surface area contributed by atoms with Gasteiger partial charge in [0.1, 0.15) is 11.5 Å². The van der Waals surface area contributed by atoms with Crippen molar-refractivity contribution in [2.45, 2.75) is 32.7 Å². The standard InChI is InChI=1S/C14H21N3O/c1-4-15-13(14-8-5-11(2)18-14)7-6-12-9-10-16-17(12)3/h5,8-10,13,15H,4,6-7H2,1-3H3. The highest BCUT2D eigenvalue weighted by Crippen LogP contribution is 2.21. The van der Waals surface area contributed by atoms with E-state index in [0.717, 1.165) is 30.9 Å². The quantitative estimate of drug-likeness (QED) is 0.853. The Balaban J connectivity index is 2.01. The smallest absolute Gasteiger partial charge is 0.121 e. The fourth-order valence-electron chi connectivity index (χ4n) is 2.17. The fourth-order valence-corrected chi connectivity index (χ4v) is 2.17. The second kappa shape index (κ2) is 5.87. The van der Waals surface area contributed by atoms with Crippen molar-refractivity contribution in [2.75, 3.05) is 6.54 Å². The first-order valence-electron chi connectivity index (χ1n) is 6.47. The first-order valence-corrected chi connectivity index (χ1v) is 6.47. The van der Waals surface area contributed by atoms with Crippen LogP contribution in [0.25, 0.3) is 0 Å². The molecule has 1 N–H and O–H groups in total. The van der Waals surface area contributed by atoms with E-state index in [0.29, 0.717) is 0 Å². The molecule has 0 aromatic carbocycles. The molecule has 0 radical (unpaired) electrons. The molecule has 2 rings (SSSR count). The number of aryl methyl sites for hydroxylation is 3. The largest absolute Gasteiger partial charge is 0.465 e. The number of hydrogen-bond donors (Lipinski definition) is 1. The molecule has 98 valence electrons. The number of nitrogens with one attached hydrogen (secondary N) is 1. The van der Waals surface area contributed by atoms with Crippen molar-refractivity contribution in [1.82, 2.24) is 15.1 Å². The molecule has 18 heavy (non-hydrogen) atoms. The minimum absolute atomic E-state index is 0.276. The van der Waals surface area contributed by atoms with Gasteiger partial charge in [-0.25, -0.2) is 0 Å². The van der Waals surface area contributed by atoms with E-state index in [1.54, 1.807) is 0 Å². The van der Waals surface area contributed by atoms with Crippen LogP contribution in [0.4, 0.5) is 0 Å². The molecule has 4 heteroatoms. The van der Waals surface area contributed by atoms with E-state index >= 15 is 0 Å². The number of nitrogens with zero attached hydrogens (tertiary/aromatic N) is 2. The Morgan fingerprint density at radius 3 is 2.78 bits per heavy atom. The van der Waals surface area contributed by atoms with Gasteiger partial charge < -0.3 is 9.73 Å². The highest BCUT2D eigenvalue weighted by molar-refractivity contribution is 5.11. The first-order chi connectivity index (χ1) is 8.70. The van der Waals surface area contributed by atoms with Crippen molar-refractivity contribution in [3.63, 3.8) is 0 Å². The summed E-state index contributed by atoms with van der Waals surface area (Å²) in [5.41, 5.74) is 1.25. The van der Waals surface area contributed by atoms with E-state index in [2.05, 4.69) is 29.5 Å². The van der Waals surface area contributed by atoms with Crippen molar-refractivity contribution in [1.29, 1.82) is 0 Å². The molecule has 2 aromatic heterocycles. The van der Waals surface area contributed by atoms with Crippen molar-refractivity contribution in [3.05, 3.63) is 41.6 Å². The van der Waals surface area contributed by atoms with Crippen LogP contribution in [-0.2, 0) is 13.5 Å². The van der Waals surface area contributed by atoms with Crippen molar-refractivity contribution in [2.24, 2.45) is 7.05 Å². The lowest BCUT2D eigenvalue weighted by Crippen LogP contribution is -2.21. The summed E-state index contributed by atoms with van der Waals surface area (Å²) in [7, 11) is 1.98. The molecule has 2 aromatic rings. The topological polar surface area (TPSA) is 43.0 Å². The molecule has 0 amide bonds. The molecule has 0 aliphatic heterocycles. The van der Waals surface area contributed by atoms with Gasteiger partial charge in [-0.15, -0.1) is 0 Å². The van der Waals surface area contributed by atoms with Gasteiger partial charge in [0.15, 0.2) is 0 Å². The van der Waals surface area contributed by atoms with Crippen molar-refractivity contribution < 1.29 is 4.42 Å². The summed E-state index contributed by atoms with van der Waals surface area (Å²) in [6.07, 6.45) is 3.85. The van der Waals surface area contributed by atoms with Crippen LogP contribution in [0.2, 0.25) is 0 Å². The Kier molecular flexibility index (Phi) is 4.20. The minimum atomic E-state index is 0.276. The lowest BCUT2D eigenvalue weighted by molar-refractivity contribution is 0.388. The lowest BCUT2D eigenvalue weighted by atomic mass is 10.1. The molecule has 0 spiro atoms. The summed E-state index contributed by atoms with van der Waals surface area (Å²) in [6, 6.07) is 6.42. The maximum absolute atomic E-state index is 5.71. The van der Waals surface area contributed by atoms with Crippen LogP contribution in [0, 0.1) is 6.92 Å². The van der Waals surface area contributed by atoms with Crippen LogP contribution in [0.15, 0.2) is 28.8 Å². The molecule has 4 nitrogen and oxygen atoms in total. The van der Waals surface area contributed by atoms with E-state index in [4.69, 9.17) is 4.42 Å². The molecular formula is C14H21N3O. The molecule has 0 bridgehead atoms. The SMILES string of the molecule is CCNC(CCc1ccnn1C)c1ccc(C)o1. The third kappa shape index (κ3) is 3.01. The van der Waals surface area contributed by atoms with Gasteiger partial charge in [-0.05, 0) is 44.5 Å². The average Bonchev–Trinajstić information content (AvgIpc) is 2.94. The number of furan rings is 1. The summed E-state index contributed by atoms with van der Waals surface area (Å²) in [6.45, 7) is 5.04. The highest BCUT2D eigenvalue weighted by Gasteiger charge is 2.14.